The van der Waals surface area contributed by atoms with Gasteiger partial charge in [0.25, 0.3) is 0 Å². The van der Waals surface area contributed by atoms with Gasteiger partial charge in [-0.15, -0.1) is 0 Å². The van der Waals surface area contributed by atoms with Crippen molar-refractivity contribution in [2.24, 2.45) is 28.6 Å². The quantitative estimate of drug-likeness (QED) is 0.290. The van der Waals surface area contributed by atoms with E-state index in [9.17, 15) is 14.9 Å². The molecule has 0 aliphatic heterocycles. The monoisotopic (exact) mass is 431 g/mol. The molecule has 0 spiro atoms. The molecule has 4 nitrogen and oxygen atoms in total. The number of ether oxygens (including phenoxy) is 1. The van der Waals surface area contributed by atoms with Crippen molar-refractivity contribution >= 4 is 22.8 Å². The van der Waals surface area contributed by atoms with Crippen LogP contribution in [0.2, 0.25) is 0 Å². The van der Waals surface area contributed by atoms with Crippen molar-refractivity contribution in [3.05, 3.63) is 11.6 Å². The van der Waals surface area contributed by atoms with Gasteiger partial charge in [-0.25, -0.2) is 0 Å². The maximum Gasteiger partial charge on any atom is 0.302 e. The summed E-state index contributed by atoms with van der Waals surface area (Å²) in [6.45, 7) is 8.15. The van der Waals surface area contributed by atoms with Crippen molar-refractivity contribution in [1.29, 1.82) is 5.26 Å². The number of allylic oxidation sites excluding steroid dienone is 1. The van der Waals surface area contributed by atoms with E-state index in [4.69, 9.17) is 4.74 Å². The van der Waals surface area contributed by atoms with E-state index < -0.39 is 5.41 Å². The fourth-order valence-electron chi connectivity index (χ4n) is 6.49. The van der Waals surface area contributed by atoms with E-state index in [0.29, 0.717) is 23.4 Å². The molecule has 2 fully saturated rings. The Labute approximate surface area is 186 Å². The van der Waals surface area contributed by atoms with Crippen molar-refractivity contribution in [2.75, 3.05) is 5.75 Å². The standard InChI is InChI=1S/C25H37NO3S/c1-5-6-15-30-23(28)25(4)13-10-21-20(22(25)11-14-26)8-7-18-16-19(29-17(2)27)9-12-24(18,21)3/h7,19-22H,5-6,8-13,15-16H2,1-4H3/t19-,20-,21-,22-,24-,25+/m0/s1. The van der Waals surface area contributed by atoms with Gasteiger partial charge < -0.3 is 4.74 Å². The number of fused-ring (bicyclic) bond motifs is 3. The van der Waals surface area contributed by atoms with Crippen LogP contribution in [0.1, 0.15) is 85.5 Å². The molecule has 0 N–H and O–H groups in total. The predicted octanol–water partition coefficient (Wildman–Crippen LogP) is 6.06. The summed E-state index contributed by atoms with van der Waals surface area (Å²) in [5, 5.41) is 9.92. The van der Waals surface area contributed by atoms with Crippen molar-refractivity contribution in [3.63, 3.8) is 0 Å². The van der Waals surface area contributed by atoms with E-state index in [1.807, 2.05) is 0 Å². The van der Waals surface area contributed by atoms with Gasteiger partial charge in [-0.1, -0.05) is 50.6 Å². The summed E-state index contributed by atoms with van der Waals surface area (Å²) >= 11 is 1.49. The Balaban J connectivity index is 1.83. The summed E-state index contributed by atoms with van der Waals surface area (Å²) in [6.07, 6.45) is 10.6. The average molecular weight is 432 g/mol. The Morgan fingerprint density at radius 3 is 2.73 bits per heavy atom. The van der Waals surface area contributed by atoms with Crippen LogP contribution in [0, 0.1) is 39.9 Å². The number of carbonyl (C=O) groups is 2. The van der Waals surface area contributed by atoms with Crippen LogP contribution in [-0.4, -0.2) is 22.9 Å². The second kappa shape index (κ2) is 9.47. The van der Waals surface area contributed by atoms with Gasteiger partial charge in [0.05, 0.1) is 6.07 Å². The predicted molar refractivity (Wildman–Crippen MR) is 121 cm³/mol. The fraction of sp³-hybridized carbons (Fsp3) is 0.800. The number of esters is 1. The number of unbranched alkanes of at least 4 members (excludes halogenated alkanes) is 1. The second-order valence-electron chi connectivity index (χ2n) is 10.0. The van der Waals surface area contributed by atoms with E-state index in [2.05, 4.69) is 32.9 Å². The molecule has 3 aliphatic rings. The number of rotatable bonds is 6. The van der Waals surface area contributed by atoms with Crippen LogP contribution in [0.25, 0.3) is 0 Å². The number of nitriles is 1. The van der Waals surface area contributed by atoms with E-state index in [1.165, 1.54) is 24.3 Å². The molecule has 166 valence electrons. The highest BCUT2D eigenvalue weighted by atomic mass is 32.2. The number of carbonyl (C=O) groups excluding carboxylic acids is 2. The third-order valence-corrected chi connectivity index (χ3v) is 9.51. The van der Waals surface area contributed by atoms with Gasteiger partial charge >= 0.3 is 5.97 Å². The number of thioether (sulfide) groups is 1. The molecule has 2 saturated carbocycles. The van der Waals surface area contributed by atoms with Crippen molar-refractivity contribution in [1.82, 2.24) is 0 Å². The normalized spacial score (nSPS) is 37.9. The SMILES string of the molecule is CCCCSC(=O)[C@]1(C)CC[C@H]2[C@H](CC=C3C[C@@H](OC(C)=O)CC[C@@]32C)[C@@H]1CC#N. The Bertz CT molecular complexity index is 741. The Morgan fingerprint density at radius 1 is 1.30 bits per heavy atom. The van der Waals surface area contributed by atoms with E-state index in [0.717, 1.165) is 57.1 Å². The van der Waals surface area contributed by atoms with Gasteiger partial charge in [-0.3, -0.25) is 9.59 Å². The lowest BCUT2D eigenvalue weighted by molar-refractivity contribution is -0.148. The van der Waals surface area contributed by atoms with E-state index in [-0.39, 0.29) is 23.4 Å². The van der Waals surface area contributed by atoms with Crippen molar-refractivity contribution in [2.45, 2.75) is 91.6 Å². The first-order chi connectivity index (χ1) is 14.3. The van der Waals surface area contributed by atoms with Crippen LogP contribution in [0.3, 0.4) is 0 Å². The molecule has 0 amide bonds. The molecule has 0 aromatic rings. The summed E-state index contributed by atoms with van der Waals surface area (Å²) < 4.78 is 5.52. The van der Waals surface area contributed by atoms with Crippen LogP contribution in [-0.2, 0) is 14.3 Å². The third-order valence-electron chi connectivity index (χ3n) is 8.29. The van der Waals surface area contributed by atoms with Gasteiger partial charge in [0.1, 0.15) is 6.10 Å². The van der Waals surface area contributed by atoms with E-state index in [1.54, 1.807) is 0 Å². The smallest absolute Gasteiger partial charge is 0.302 e. The minimum absolute atomic E-state index is 0.00122. The van der Waals surface area contributed by atoms with Gasteiger partial charge in [0, 0.05) is 30.9 Å². The second-order valence-corrected chi connectivity index (χ2v) is 11.1. The molecule has 0 aromatic heterocycles. The lowest BCUT2D eigenvalue weighted by Crippen LogP contribution is -2.52. The Kier molecular flexibility index (Phi) is 7.38. The van der Waals surface area contributed by atoms with Crippen LogP contribution in [0.4, 0.5) is 0 Å². The highest BCUT2D eigenvalue weighted by Gasteiger charge is 2.56. The van der Waals surface area contributed by atoms with Crippen LogP contribution >= 0.6 is 11.8 Å². The van der Waals surface area contributed by atoms with Crippen LogP contribution in [0.5, 0.6) is 0 Å². The Hall–Kier alpha value is -1.28. The van der Waals surface area contributed by atoms with Crippen molar-refractivity contribution < 1.29 is 14.3 Å². The summed E-state index contributed by atoms with van der Waals surface area (Å²) in [5.41, 5.74) is 1.14. The molecule has 3 rings (SSSR count). The van der Waals surface area contributed by atoms with Crippen LogP contribution in [0.15, 0.2) is 11.6 Å². The third kappa shape index (κ3) is 4.35. The lowest BCUT2D eigenvalue weighted by atomic mass is 9.47. The zero-order chi connectivity index (χ0) is 21.9. The van der Waals surface area contributed by atoms with E-state index >= 15 is 0 Å². The molecule has 0 bridgehead atoms. The van der Waals surface area contributed by atoms with Crippen molar-refractivity contribution in [3.8, 4) is 6.07 Å². The molecule has 0 radical (unpaired) electrons. The van der Waals surface area contributed by atoms with Crippen LogP contribution < -0.4 is 0 Å². The highest BCUT2D eigenvalue weighted by molar-refractivity contribution is 8.13. The minimum atomic E-state index is -0.397. The van der Waals surface area contributed by atoms with Gasteiger partial charge in [-0.2, -0.15) is 5.26 Å². The molecule has 30 heavy (non-hydrogen) atoms. The summed E-state index contributed by atoms with van der Waals surface area (Å²) in [4.78, 5) is 24.7. The maximum absolute atomic E-state index is 13.3. The fourth-order valence-corrected chi connectivity index (χ4v) is 7.69. The molecule has 0 aromatic carbocycles. The summed E-state index contributed by atoms with van der Waals surface area (Å²) in [5.74, 6) is 1.72. The molecular weight excluding hydrogens is 394 g/mol. The number of nitrogens with zero attached hydrogens (tertiary/aromatic N) is 1. The van der Waals surface area contributed by atoms with Gasteiger partial charge in [-0.05, 0) is 61.7 Å². The molecule has 0 saturated heterocycles. The number of hydrogen-bond acceptors (Lipinski definition) is 5. The largest absolute Gasteiger partial charge is 0.462 e. The average Bonchev–Trinajstić information content (AvgIpc) is 2.70. The molecule has 6 atom stereocenters. The minimum Gasteiger partial charge on any atom is -0.462 e. The molecule has 3 aliphatic carbocycles. The molecular formula is C25H37NO3S. The molecule has 5 heteroatoms. The zero-order valence-electron chi connectivity index (χ0n) is 19.0. The summed E-state index contributed by atoms with van der Waals surface area (Å²) in [6, 6.07) is 2.42. The molecule has 0 heterocycles. The maximum atomic E-state index is 13.3. The lowest BCUT2D eigenvalue weighted by Gasteiger charge is -2.57. The van der Waals surface area contributed by atoms with Gasteiger partial charge in [0.15, 0.2) is 5.12 Å². The first kappa shape index (κ1) is 23.4. The Morgan fingerprint density at radius 2 is 2.07 bits per heavy atom. The summed E-state index contributed by atoms with van der Waals surface area (Å²) in [7, 11) is 0. The molecule has 0 unspecified atom stereocenters. The highest BCUT2D eigenvalue weighted by Crippen LogP contribution is 2.62. The topological polar surface area (TPSA) is 67.2 Å². The first-order valence-electron chi connectivity index (χ1n) is 11.7. The van der Waals surface area contributed by atoms with Gasteiger partial charge in [0.2, 0.25) is 0 Å². The first-order valence-corrected chi connectivity index (χ1v) is 12.7. The number of hydrogen-bond donors (Lipinski definition) is 0. The zero-order valence-corrected chi connectivity index (χ0v) is 19.9.